The molecule has 0 aromatic carbocycles. The van der Waals surface area contributed by atoms with E-state index in [9.17, 15) is 19.2 Å². The third kappa shape index (κ3) is 1.80. The zero-order valence-corrected chi connectivity index (χ0v) is 10.5. The summed E-state index contributed by atoms with van der Waals surface area (Å²) in [6.07, 6.45) is 2.82. The highest BCUT2D eigenvalue weighted by atomic mass is 16.2. The maximum absolute atomic E-state index is 12.2. The van der Waals surface area contributed by atoms with E-state index in [4.69, 9.17) is 0 Å². The highest BCUT2D eigenvalue weighted by Gasteiger charge is 2.62. The van der Waals surface area contributed by atoms with E-state index in [0.717, 1.165) is 17.7 Å². The molecule has 3 fully saturated rings. The Morgan fingerprint density at radius 2 is 1.79 bits per heavy atom. The first-order valence-corrected chi connectivity index (χ1v) is 6.50. The average molecular weight is 265 g/mol. The van der Waals surface area contributed by atoms with Crippen LogP contribution in [0.2, 0.25) is 0 Å². The Bertz CT molecular complexity index is 477. The Labute approximate surface area is 109 Å². The first kappa shape index (κ1) is 12.1. The maximum Gasteiger partial charge on any atom is 0.331 e. The molecule has 19 heavy (non-hydrogen) atoms. The molecular formula is C12H15N3O4. The Morgan fingerprint density at radius 1 is 1.16 bits per heavy atom. The molecule has 3 rings (SSSR count). The molecule has 0 unspecified atom stereocenters. The molecule has 2 aliphatic heterocycles. The van der Waals surface area contributed by atoms with Gasteiger partial charge in [-0.2, -0.15) is 0 Å². The van der Waals surface area contributed by atoms with E-state index in [1.807, 2.05) is 0 Å². The van der Waals surface area contributed by atoms with Gasteiger partial charge in [-0.15, -0.1) is 0 Å². The molecule has 2 saturated heterocycles. The number of hydrogen-bond acceptors (Lipinski definition) is 4. The van der Waals surface area contributed by atoms with Crippen molar-refractivity contribution in [1.82, 2.24) is 15.1 Å². The highest BCUT2D eigenvalue weighted by molar-refractivity contribution is 6.21. The lowest BCUT2D eigenvalue weighted by molar-refractivity contribution is -0.148. The average Bonchev–Trinajstić information content (AvgIpc) is 3.00. The topological polar surface area (TPSA) is 86.8 Å². The van der Waals surface area contributed by atoms with Gasteiger partial charge in [-0.1, -0.05) is 0 Å². The van der Waals surface area contributed by atoms with E-state index in [1.54, 1.807) is 4.90 Å². The van der Waals surface area contributed by atoms with Crippen LogP contribution in [0.15, 0.2) is 0 Å². The lowest BCUT2D eigenvalue weighted by atomic mass is 10.0. The van der Waals surface area contributed by atoms with Gasteiger partial charge in [0.05, 0.1) is 0 Å². The van der Waals surface area contributed by atoms with Gasteiger partial charge >= 0.3 is 6.03 Å². The second-order valence-corrected chi connectivity index (χ2v) is 5.32. The number of carbonyl (C=O) groups excluding carboxylic acids is 4. The molecule has 102 valence electrons. The Morgan fingerprint density at radius 3 is 2.37 bits per heavy atom. The summed E-state index contributed by atoms with van der Waals surface area (Å²) in [6.45, 7) is 1.08. The summed E-state index contributed by atoms with van der Waals surface area (Å²) in [4.78, 5) is 50.0. The van der Waals surface area contributed by atoms with Crippen LogP contribution in [0.3, 0.4) is 0 Å². The van der Waals surface area contributed by atoms with Crippen molar-refractivity contribution in [3.63, 3.8) is 0 Å². The van der Waals surface area contributed by atoms with Crippen molar-refractivity contribution in [1.29, 1.82) is 0 Å². The van der Waals surface area contributed by atoms with Crippen LogP contribution < -0.4 is 5.32 Å². The molecular weight excluding hydrogens is 250 g/mol. The van der Waals surface area contributed by atoms with E-state index in [-0.39, 0.29) is 12.5 Å². The Balaban J connectivity index is 1.72. The molecule has 1 aliphatic carbocycles. The molecule has 7 nitrogen and oxygen atoms in total. The van der Waals surface area contributed by atoms with Crippen LogP contribution in [0.1, 0.15) is 25.7 Å². The van der Waals surface area contributed by atoms with Crippen molar-refractivity contribution in [2.45, 2.75) is 25.7 Å². The minimum atomic E-state index is -1.07. The zero-order valence-electron chi connectivity index (χ0n) is 10.5. The summed E-state index contributed by atoms with van der Waals surface area (Å²) < 4.78 is 0. The fourth-order valence-electron chi connectivity index (χ4n) is 2.64. The molecule has 7 heteroatoms. The van der Waals surface area contributed by atoms with E-state index >= 15 is 0 Å². The molecule has 1 saturated carbocycles. The van der Waals surface area contributed by atoms with Gasteiger partial charge in [0.25, 0.3) is 0 Å². The van der Waals surface area contributed by atoms with Crippen LogP contribution in [-0.4, -0.2) is 53.2 Å². The minimum Gasteiger partial charge on any atom is -0.341 e. The molecule has 0 radical (unpaired) electrons. The lowest BCUT2D eigenvalue weighted by Crippen LogP contribution is -2.60. The molecule has 5 amide bonds. The third-order valence-corrected chi connectivity index (χ3v) is 4.06. The van der Waals surface area contributed by atoms with Crippen molar-refractivity contribution < 1.29 is 19.2 Å². The molecule has 0 bridgehead atoms. The second-order valence-electron chi connectivity index (χ2n) is 5.32. The zero-order chi connectivity index (χ0) is 13.6. The third-order valence-electron chi connectivity index (χ3n) is 4.06. The van der Waals surface area contributed by atoms with Crippen LogP contribution in [0.25, 0.3) is 0 Å². The number of hydrogen-bond donors (Lipinski definition) is 1. The Hall–Kier alpha value is -1.92. The number of rotatable bonds is 2. The first-order chi connectivity index (χ1) is 9.04. The number of likely N-dealkylation sites (tertiary alicyclic amines) is 1. The van der Waals surface area contributed by atoms with Gasteiger partial charge in [0.1, 0.15) is 12.0 Å². The maximum atomic E-state index is 12.2. The predicted molar refractivity (Wildman–Crippen MR) is 62.7 cm³/mol. The predicted octanol–water partition coefficient (Wildman–Crippen LogP) is -0.533. The molecule has 0 aromatic heterocycles. The number of nitrogens with one attached hydrogen (secondary N) is 1. The van der Waals surface area contributed by atoms with E-state index in [2.05, 4.69) is 5.32 Å². The van der Waals surface area contributed by atoms with E-state index in [1.165, 1.54) is 0 Å². The summed E-state index contributed by atoms with van der Waals surface area (Å²) in [7, 11) is 0. The van der Waals surface area contributed by atoms with Crippen molar-refractivity contribution in [3.8, 4) is 0 Å². The highest BCUT2D eigenvalue weighted by Crippen LogP contribution is 2.48. The van der Waals surface area contributed by atoms with Crippen LogP contribution in [0, 0.1) is 5.41 Å². The van der Waals surface area contributed by atoms with Gasteiger partial charge in [-0.3, -0.25) is 24.6 Å². The number of carbonyl (C=O) groups is 4. The summed E-state index contributed by atoms with van der Waals surface area (Å²) in [5, 5.41) is 2.16. The Kier molecular flexibility index (Phi) is 2.58. The fourth-order valence-corrected chi connectivity index (χ4v) is 2.64. The lowest BCUT2D eigenvalue weighted by Gasteiger charge is -2.30. The van der Waals surface area contributed by atoms with Crippen LogP contribution in [-0.2, 0) is 14.4 Å². The smallest absolute Gasteiger partial charge is 0.331 e. The first-order valence-electron chi connectivity index (χ1n) is 6.50. The van der Waals surface area contributed by atoms with Crippen LogP contribution in [0.5, 0.6) is 0 Å². The summed E-state index contributed by atoms with van der Waals surface area (Å²) in [6, 6.07) is -0.778. The van der Waals surface area contributed by atoms with Gasteiger partial charge in [0.2, 0.25) is 17.7 Å². The molecule has 3 aliphatic rings. The van der Waals surface area contributed by atoms with Crippen LogP contribution >= 0.6 is 0 Å². The van der Waals surface area contributed by atoms with Gasteiger partial charge in [0.15, 0.2) is 0 Å². The summed E-state index contributed by atoms with van der Waals surface area (Å²) in [5.41, 5.74) is -1.07. The largest absolute Gasteiger partial charge is 0.341 e. The van der Waals surface area contributed by atoms with Crippen molar-refractivity contribution >= 4 is 23.8 Å². The molecule has 1 N–H and O–H groups in total. The fraction of sp³-hybridized carbons (Fsp3) is 0.667. The molecule has 2 heterocycles. The van der Waals surface area contributed by atoms with Gasteiger partial charge in [-0.05, 0) is 25.7 Å². The normalized spacial score (nSPS) is 24.9. The molecule has 0 atom stereocenters. The van der Waals surface area contributed by atoms with Crippen molar-refractivity contribution in [3.05, 3.63) is 0 Å². The van der Waals surface area contributed by atoms with Gasteiger partial charge in [0, 0.05) is 13.1 Å². The van der Waals surface area contributed by atoms with Crippen molar-refractivity contribution in [2.75, 3.05) is 19.6 Å². The van der Waals surface area contributed by atoms with E-state index in [0.29, 0.717) is 25.9 Å². The standard InChI is InChI=1S/C12H15N3O4/c16-8(14-5-1-2-6-14)7-15-10(18)12(3-4-12)9(17)13-11(15)19/h1-7H2,(H,13,17,19). The minimum absolute atomic E-state index is 0.230. The monoisotopic (exact) mass is 265 g/mol. The van der Waals surface area contributed by atoms with Crippen molar-refractivity contribution in [2.24, 2.45) is 5.41 Å². The number of urea groups is 1. The SMILES string of the molecule is O=C(CN1C(=O)NC(=O)C2(CC2)C1=O)N1CCCC1. The number of imide groups is 2. The van der Waals surface area contributed by atoms with Gasteiger partial charge < -0.3 is 4.90 Å². The van der Waals surface area contributed by atoms with E-state index < -0.39 is 23.3 Å². The number of nitrogens with zero attached hydrogens (tertiary/aromatic N) is 2. The summed E-state index contributed by atoms with van der Waals surface area (Å²) >= 11 is 0. The number of barbiturate groups is 1. The molecule has 0 aromatic rings. The second kappa shape index (κ2) is 4.04. The molecule has 1 spiro atoms. The quantitative estimate of drug-likeness (QED) is 0.680. The van der Waals surface area contributed by atoms with Crippen LogP contribution in [0.4, 0.5) is 4.79 Å². The number of amides is 5. The summed E-state index contributed by atoms with van der Waals surface area (Å²) in [5.74, 6) is -1.27. The van der Waals surface area contributed by atoms with Gasteiger partial charge in [-0.25, -0.2) is 4.79 Å².